The highest BCUT2D eigenvalue weighted by Crippen LogP contribution is 1.99. The molecule has 134 valence electrons. The fourth-order valence-corrected chi connectivity index (χ4v) is 1.38. The molecule has 0 aliphatic carbocycles. The summed E-state index contributed by atoms with van der Waals surface area (Å²) in [6.07, 6.45) is 3.16. The Balaban J connectivity index is 0. The van der Waals surface area contributed by atoms with Gasteiger partial charge in [0.1, 0.15) is 0 Å². The van der Waals surface area contributed by atoms with Crippen LogP contribution in [0.25, 0.3) is 0 Å². The predicted molar refractivity (Wildman–Crippen MR) is 103 cm³/mol. The van der Waals surface area contributed by atoms with Gasteiger partial charge in [-0.05, 0) is 45.7 Å². The standard InChI is InChI=1S/C8H10.C7H16N2O.C5H12/c1-7-3-5-8(2)6-4-7;1-7(3-4-8-2)5-9-6-10;1-4-5(2)3/h3-6H,1-2H3;6-8H,3-5H2,1-2H3,(H,9,10);5H,4H2,1-3H3. The van der Waals surface area contributed by atoms with Gasteiger partial charge < -0.3 is 10.6 Å². The van der Waals surface area contributed by atoms with Crippen molar-refractivity contribution in [2.45, 2.75) is 54.4 Å². The molecule has 0 saturated carbocycles. The average Bonchev–Trinajstić information content (AvgIpc) is 2.54. The van der Waals surface area contributed by atoms with Crippen molar-refractivity contribution >= 4 is 6.41 Å². The number of amides is 1. The van der Waals surface area contributed by atoms with E-state index in [2.05, 4.69) is 76.4 Å². The van der Waals surface area contributed by atoms with Gasteiger partial charge in [0.15, 0.2) is 0 Å². The molecule has 1 atom stereocenters. The fourth-order valence-electron chi connectivity index (χ4n) is 1.38. The number of aryl methyl sites for hydroxylation is 2. The second-order valence-corrected chi connectivity index (χ2v) is 6.48. The second-order valence-electron chi connectivity index (χ2n) is 6.48. The van der Waals surface area contributed by atoms with Crippen LogP contribution < -0.4 is 10.6 Å². The highest BCUT2D eigenvalue weighted by Gasteiger charge is 1.98. The van der Waals surface area contributed by atoms with Gasteiger partial charge in [-0.2, -0.15) is 0 Å². The molecule has 1 aromatic carbocycles. The Bertz CT molecular complexity index is 339. The third-order valence-corrected chi connectivity index (χ3v) is 3.47. The predicted octanol–water partition coefficient (Wildman–Crippen LogP) is 4.33. The van der Waals surface area contributed by atoms with Crippen LogP contribution in [0.5, 0.6) is 0 Å². The zero-order chi connectivity index (χ0) is 18.1. The molecule has 0 aromatic heterocycles. The largest absolute Gasteiger partial charge is 0.358 e. The highest BCUT2D eigenvalue weighted by molar-refractivity contribution is 5.45. The topological polar surface area (TPSA) is 41.1 Å². The van der Waals surface area contributed by atoms with Gasteiger partial charge in [-0.3, -0.25) is 4.79 Å². The minimum atomic E-state index is 0.567. The number of carbonyl (C=O) groups excluding carboxylic acids is 1. The number of benzene rings is 1. The van der Waals surface area contributed by atoms with Crippen molar-refractivity contribution in [2.75, 3.05) is 20.1 Å². The Morgan fingerprint density at radius 2 is 1.48 bits per heavy atom. The minimum Gasteiger partial charge on any atom is -0.358 e. The summed E-state index contributed by atoms with van der Waals surface area (Å²) >= 11 is 0. The molecule has 0 spiro atoms. The molecule has 1 rings (SSSR count). The Kier molecular flexibility index (Phi) is 17.7. The number of hydrogen-bond acceptors (Lipinski definition) is 2. The number of hydrogen-bond donors (Lipinski definition) is 2. The first-order valence-corrected chi connectivity index (χ1v) is 8.72. The SMILES string of the molecule is CCC(C)C.CNCCC(C)CNC=O.Cc1ccc(C)cc1. The van der Waals surface area contributed by atoms with E-state index in [0.717, 1.165) is 31.8 Å². The molecule has 3 nitrogen and oxygen atoms in total. The van der Waals surface area contributed by atoms with E-state index in [1.807, 2.05) is 7.05 Å². The lowest BCUT2D eigenvalue weighted by Crippen LogP contribution is -2.22. The summed E-state index contributed by atoms with van der Waals surface area (Å²) in [5.74, 6) is 1.45. The summed E-state index contributed by atoms with van der Waals surface area (Å²) in [4.78, 5) is 9.86. The number of rotatable bonds is 7. The molecule has 23 heavy (non-hydrogen) atoms. The molecule has 0 bridgehead atoms. The molecule has 1 aromatic rings. The van der Waals surface area contributed by atoms with Crippen molar-refractivity contribution < 1.29 is 4.79 Å². The molecule has 0 aliphatic rings. The van der Waals surface area contributed by atoms with Gasteiger partial charge in [0.2, 0.25) is 6.41 Å². The number of carbonyl (C=O) groups is 1. The molecule has 1 amide bonds. The summed E-state index contributed by atoms with van der Waals surface area (Å²) in [7, 11) is 1.93. The van der Waals surface area contributed by atoms with Crippen molar-refractivity contribution in [1.29, 1.82) is 0 Å². The molecule has 0 heterocycles. The van der Waals surface area contributed by atoms with E-state index < -0.39 is 0 Å². The van der Waals surface area contributed by atoms with Crippen LogP contribution >= 0.6 is 0 Å². The van der Waals surface area contributed by atoms with Crippen LogP contribution in [0, 0.1) is 25.7 Å². The van der Waals surface area contributed by atoms with Gasteiger partial charge in [-0.15, -0.1) is 0 Å². The Morgan fingerprint density at radius 1 is 1.04 bits per heavy atom. The van der Waals surface area contributed by atoms with E-state index in [1.54, 1.807) is 0 Å². The third-order valence-electron chi connectivity index (χ3n) is 3.47. The van der Waals surface area contributed by atoms with Crippen molar-refractivity contribution in [3.8, 4) is 0 Å². The molecular formula is C20H38N2O. The van der Waals surface area contributed by atoms with E-state index in [1.165, 1.54) is 17.5 Å². The molecule has 0 saturated heterocycles. The van der Waals surface area contributed by atoms with Gasteiger partial charge in [-0.1, -0.05) is 69.5 Å². The van der Waals surface area contributed by atoms with E-state index in [9.17, 15) is 4.79 Å². The van der Waals surface area contributed by atoms with E-state index >= 15 is 0 Å². The Morgan fingerprint density at radius 3 is 1.78 bits per heavy atom. The highest BCUT2D eigenvalue weighted by atomic mass is 16.1. The van der Waals surface area contributed by atoms with Gasteiger partial charge >= 0.3 is 0 Å². The summed E-state index contributed by atoms with van der Waals surface area (Å²) in [6, 6.07) is 8.48. The maximum Gasteiger partial charge on any atom is 0.207 e. The van der Waals surface area contributed by atoms with E-state index in [-0.39, 0.29) is 0 Å². The van der Waals surface area contributed by atoms with E-state index in [4.69, 9.17) is 0 Å². The van der Waals surface area contributed by atoms with Crippen LogP contribution in [0.1, 0.15) is 51.7 Å². The zero-order valence-corrected chi connectivity index (χ0v) is 16.3. The third kappa shape index (κ3) is 20.6. The second kappa shape index (κ2) is 17.0. The van der Waals surface area contributed by atoms with Crippen LogP contribution in [0.15, 0.2) is 24.3 Å². The maximum absolute atomic E-state index is 9.86. The molecule has 0 radical (unpaired) electrons. The van der Waals surface area contributed by atoms with E-state index in [0.29, 0.717) is 5.92 Å². The normalized spacial score (nSPS) is 10.8. The van der Waals surface area contributed by atoms with Gasteiger partial charge in [-0.25, -0.2) is 0 Å². The first kappa shape index (κ1) is 23.9. The minimum absolute atomic E-state index is 0.567. The molecule has 3 heteroatoms. The Hall–Kier alpha value is -1.35. The van der Waals surface area contributed by atoms with Crippen LogP contribution in [0.4, 0.5) is 0 Å². The lowest BCUT2D eigenvalue weighted by molar-refractivity contribution is -0.109. The average molecular weight is 323 g/mol. The molecule has 0 fully saturated rings. The smallest absolute Gasteiger partial charge is 0.207 e. The van der Waals surface area contributed by atoms with Crippen LogP contribution in [-0.4, -0.2) is 26.5 Å². The first-order chi connectivity index (χ1) is 10.9. The quantitative estimate of drug-likeness (QED) is 0.733. The summed E-state index contributed by atoms with van der Waals surface area (Å²) in [5.41, 5.74) is 2.66. The molecule has 2 N–H and O–H groups in total. The van der Waals surface area contributed by atoms with Crippen molar-refractivity contribution in [1.82, 2.24) is 10.6 Å². The summed E-state index contributed by atoms with van der Waals surface area (Å²) in [6.45, 7) is 14.8. The summed E-state index contributed by atoms with van der Waals surface area (Å²) < 4.78 is 0. The maximum atomic E-state index is 9.86. The molecule has 0 aliphatic heterocycles. The lowest BCUT2D eigenvalue weighted by atomic mass is 10.1. The van der Waals surface area contributed by atoms with Gasteiger partial charge in [0.05, 0.1) is 0 Å². The van der Waals surface area contributed by atoms with Crippen molar-refractivity contribution in [3.63, 3.8) is 0 Å². The summed E-state index contributed by atoms with van der Waals surface area (Å²) in [5, 5.41) is 5.71. The molecular weight excluding hydrogens is 284 g/mol. The molecule has 1 unspecified atom stereocenters. The Labute approximate surface area is 144 Å². The van der Waals surface area contributed by atoms with Crippen molar-refractivity contribution in [2.24, 2.45) is 11.8 Å². The van der Waals surface area contributed by atoms with Crippen molar-refractivity contribution in [3.05, 3.63) is 35.4 Å². The first-order valence-electron chi connectivity index (χ1n) is 8.72. The van der Waals surface area contributed by atoms with Gasteiger partial charge in [0, 0.05) is 6.54 Å². The number of nitrogens with one attached hydrogen (secondary N) is 2. The monoisotopic (exact) mass is 322 g/mol. The van der Waals surface area contributed by atoms with Crippen LogP contribution in [0.2, 0.25) is 0 Å². The van der Waals surface area contributed by atoms with Crippen LogP contribution in [0.3, 0.4) is 0 Å². The fraction of sp³-hybridized carbons (Fsp3) is 0.650. The lowest BCUT2D eigenvalue weighted by Gasteiger charge is -2.08. The van der Waals surface area contributed by atoms with Gasteiger partial charge in [0.25, 0.3) is 0 Å². The van der Waals surface area contributed by atoms with Crippen LogP contribution in [-0.2, 0) is 4.79 Å². The zero-order valence-electron chi connectivity index (χ0n) is 16.3.